The van der Waals surface area contributed by atoms with Gasteiger partial charge in [0.15, 0.2) is 0 Å². The molecule has 2 bridgehead atoms. The molecule has 0 radical (unpaired) electrons. The number of rotatable bonds is 4. The molecule has 0 aromatic heterocycles. The second kappa shape index (κ2) is 13.9. The van der Waals surface area contributed by atoms with Crippen molar-refractivity contribution >= 4 is 39.1 Å². The summed E-state index contributed by atoms with van der Waals surface area (Å²) in [5.41, 5.74) is 3.42. The second-order valence-corrected chi connectivity index (χ2v) is 17.1. The molecule has 2 aliphatic heterocycles. The maximum Gasteiger partial charge on any atom is 0.327 e. The highest BCUT2D eigenvalue weighted by atomic mass is 35.5. The molecule has 8 atom stereocenters. The molecule has 5 aliphatic rings. The summed E-state index contributed by atoms with van der Waals surface area (Å²) in [6.07, 6.45) is 10.5. The lowest BCUT2D eigenvalue weighted by Crippen LogP contribution is -2.49. The number of anilines is 1. The number of ether oxygens (including phenoxy) is 3. The molecule has 10 nitrogen and oxygen atoms in total. The molecule has 2 heterocycles. The van der Waals surface area contributed by atoms with E-state index in [-0.39, 0.29) is 35.3 Å². The number of nitrogens with one attached hydrogen (secondary N) is 2. The van der Waals surface area contributed by atoms with Gasteiger partial charge in [-0.1, -0.05) is 36.7 Å². The molecule has 3 amide bonds. The highest BCUT2D eigenvalue weighted by Crippen LogP contribution is 2.47. The molecule has 264 valence electrons. The second-order valence-electron chi connectivity index (χ2n) is 14.7. The molecule has 49 heavy (non-hydrogen) atoms. The molecule has 1 unspecified atom stereocenters. The van der Waals surface area contributed by atoms with Crippen molar-refractivity contribution in [2.45, 2.75) is 75.5 Å². The van der Waals surface area contributed by atoms with Crippen molar-refractivity contribution in [1.82, 2.24) is 10.0 Å². The van der Waals surface area contributed by atoms with E-state index in [0.717, 1.165) is 55.9 Å². The van der Waals surface area contributed by atoms with Crippen LogP contribution in [-0.2, 0) is 31.2 Å². The van der Waals surface area contributed by atoms with Crippen molar-refractivity contribution in [2.24, 2.45) is 22.1 Å². The normalized spacial score (nSPS) is 34.6. The van der Waals surface area contributed by atoms with E-state index in [4.69, 9.17) is 25.8 Å². The van der Waals surface area contributed by atoms with Crippen molar-refractivity contribution in [2.75, 3.05) is 44.6 Å². The Labute approximate surface area is 294 Å². The number of halogens is 1. The number of carbonyl (C=O) groups excluding carboxylic acids is 2. The Morgan fingerprint density at radius 1 is 1.16 bits per heavy atom. The van der Waals surface area contributed by atoms with Crippen LogP contribution in [0.15, 0.2) is 52.9 Å². The molecular formula is C37H47ClN4O6S. The van der Waals surface area contributed by atoms with Crippen LogP contribution in [0, 0.1) is 17.8 Å². The smallest absolute Gasteiger partial charge is 0.327 e. The van der Waals surface area contributed by atoms with Gasteiger partial charge in [-0.2, -0.15) is 0 Å². The first-order chi connectivity index (χ1) is 23.6. The van der Waals surface area contributed by atoms with Crippen molar-refractivity contribution < 1.29 is 28.0 Å². The molecule has 1 spiro atoms. The van der Waals surface area contributed by atoms with Gasteiger partial charge in [0.05, 0.1) is 36.3 Å². The summed E-state index contributed by atoms with van der Waals surface area (Å²) in [4.78, 5) is 29.2. The van der Waals surface area contributed by atoms with Crippen LogP contribution < -0.4 is 19.7 Å². The van der Waals surface area contributed by atoms with Gasteiger partial charge in [-0.15, -0.1) is 4.36 Å². The Morgan fingerprint density at radius 3 is 2.78 bits per heavy atom. The Balaban J connectivity index is 1.27. The van der Waals surface area contributed by atoms with Gasteiger partial charge in [0.25, 0.3) is 5.91 Å². The predicted molar refractivity (Wildman–Crippen MR) is 191 cm³/mol. The molecule has 2 saturated carbocycles. The van der Waals surface area contributed by atoms with Gasteiger partial charge in [0.2, 0.25) is 0 Å². The first kappa shape index (κ1) is 34.3. The van der Waals surface area contributed by atoms with Crippen molar-refractivity contribution in [1.29, 1.82) is 0 Å². The zero-order valence-corrected chi connectivity index (χ0v) is 30.1. The summed E-state index contributed by atoms with van der Waals surface area (Å²) in [6.45, 7) is 3.97. The lowest BCUT2D eigenvalue weighted by atomic mass is 9.68. The topological polar surface area (TPSA) is 119 Å². The number of allylic oxidation sites excluding steroid dienone is 1. The number of methoxy groups -OCH3 is 2. The van der Waals surface area contributed by atoms with E-state index >= 15 is 0 Å². The summed E-state index contributed by atoms with van der Waals surface area (Å²) in [6, 6.07) is 10.8. The van der Waals surface area contributed by atoms with E-state index in [1.54, 1.807) is 20.3 Å². The number of amides is 3. The average Bonchev–Trinajstić information content (AvgIpc) is 3.83. The third-order valence-corrected chi connectivity index (χ3v) is 13.3. The lowest BCUT2D eigenvalue weighted by Gasteiger charge is -2.46. The highest BCUT2D eigenvalue weighted by molar-refractivity contribution is 7.92. The molecule has 2 fully saturated rings. The van der Waals surface area contributed by atoms with Crippen LogP contribution in [-0.4, -0.2) is 74.1 Å². The van der Waals surface area contributed by atoms with Gasteiger partial charge in [0.1, 0.15) is 15.7 Å². The minimum Gasteiger partial charge on any atom is -0.490 e. The number of hydrogen-bond acceptors (Lipinski definition) is 7. The zero-order chi connectivity index (χ0) is 34.3. The van der Waals surface area contributed by atoms with Crippen LogP contribution in [0.25, 0.3) is 0 Å². The van der Waals surface area contributed by atoms with E-state index in [1.807, 2.05) is 25.1 Å². The SMILES string of the molecule is CO[C@H]1/C=C\C[C@H](C)CS(=O)(NC(=O)N[C@H]2C[C@@H]2OC)=NC(=O)c2ccc3c(c2)N(C[C@@H]2CC[C@H]21)C[C@@]1(CCCc2cc(Cl)ccc21)CO3. The van der Waals surface area contributed by atoms with Gasteiger partial charge in [-0.3, -0.25) is 9.52 Å². The van der Waals surface area contributed by atoms with E-state index in [0.29, 0.717) is 42.6 Å². The summed E-state index contributed by atoms with van der Waals surface area (Å²) >= 11 is 6.45. The molecule has 2 aromatic rings. The fraction of sp³-hybridized carbons (Fsp3) is 0.568. The van der Waals surface area contributed by atoms with Crippen LogP contribution in [0.4, 0.5) is 10.5 Å². The van der Waals surface area contributed by atoms with Crippen molar-refractivity contribution in [3.05, 3.63) is 70.3 Å². The van der Waals surface area contributed by atoms with Crippen LogP contribution in [0.5, 0.6) is 5.75 Å². The maximum atomic E-state index is 14.3. The van der Waals surface area contributed by atoms with Crippen LogP contribution in [0.3, 0.4) is 0 Å². The van der Waals surface area contributed by atoms with Gasteiger partial charge in [0, 0.05) is 43.3 Å². The quantitative estimate of drug-likeness (QED) is 0.371. The molecule has 2 aromatic carbocycles. The van der Waals surface area contributed by atoms with E-state index in [2.05, 4.69) is 43.6 Å². The van der Waals surface area contributed by atoms with E-state index < -0.39 is 21.9 Å². The molecule has 3 aliphatic carbocycles. The third kappa shape index (κ3) is 7.22. The number of benzene rings is 2. The number of urea groups is 1. The van der Waals surface area contributed by atoms with Gasteiger partial charge >= 0.3 is 6.03 Å². The Hall–Kier alpha value is -3.12. The number of aryl methyl sites for hydroxylation is 1. The van der Waals surface area contributed by atoms with Crippen molar-refractivity contribution in [3.8, 4) is 5.75 Å². The minimum atomic E-state index is -3.48. The molecule has 7 rings (SSSR count). The van der Waals surface area contributed by atoms with Crippen LogP contribution >= 0.6 is 11.6 Å². The maximum absolute atomic E-state index is 14.3. The highest BCUT2D eigenvalue weighted by Gasteiger charge is 2.44. The zero-order valence-electron chi connectivity index (χ0n) is 28.5. The standard InChI is InChI=1S/C37H47ClN4O6S/c1-23-6-4-8-32(46-2)28-12-9-26(28)19-42-21-37(15-5-7-24-16-27(38)11-13-29(24)37)22-48-33-14-10-25(17-31(33)42)35(43)40-49(45,20-23)41-36(44)39-30-18-34(30)47-3/h4,8,10-11,13-14,16-17,23,26,28,30,32,34H,5-7,9,12,15,18-22H2,1-3H3,(H2,39,40,41,43,44,45)/b8-4-/t23-,26-,28+,30-,32-,34-,37-,49?/m0/s1. The van der Waals surface area contributed by atoms with Crippen molar-refractivity contribution in [3.63, 3.8) is 0 Å². The minimum absolute atomic E-state index is 0.0185. The monoisotopic (exact) mass is 710 g/mol. The Bertz CT molecular complexity index is 1760. The van der Waals surface area contributed by atoms with Gasteiger partial charge in [-0.05, 0) is 104 Å². The molecular weight excluding hydrogens is 664 g/mol. The first-order valence-electron chi connectivity index (χ1n) is 17.5. The fourth-order valence-corrected chi connectivity index (χ4v) is 10.3. The number of hydrogen-bond donors (Lipinski definition) is 2. The predicted octanol–water partition coefficient (Wildman–Crippen LogP) is 6.06. The summed E-state index contributed by atoms with van der Waals surface area (Å²) < 4.78 is 39.1. The third-order valence-electron chi connectivity index (χ3n) is 11.1. The molecule has 2 N–H and O–H groups in total. The van der Waals surface area contributed by atoms with E-state index in [9.17, 15) is 13.8 Å². The molecule has 12 heteroatoms. The lowest BCUT2D eigenvalue weighted by molar-refractivity contribution is 0.0131. The summed E-state index contributed by atoms with van der Waals surface area (Å²) in [5.74, 6) is 0.700. The largest absolute Gasteiger partial charge is 0.490 e. The number of nitrogens with zero attached hydrogens (tertiary/aromatic N) is 2. The van der Waals surface area contributed by atoms with Crippen LogP contribution in [0.2, 0.25) is 5.02 Å². The fourth-order valence-electron chi connectivity index (χ4n) is 8.29. The first-order valence-corrected chi connectivity index (χ1v) is 19.6. The summed E-state index contributed by atoms with van der Waals surface area (Å²) in [5, 5.41) is 3.54. The van der Waals surface area contributed by atoms with E-state index in [1.165, 1.54) is 11.1 Å². The van der Waals surface area contributed by atoms with Gasteiger partial charge in [-0.25, -0.2) is 9.00 Å². The number of carbonyl (C=O) groups is 2. The summed E-state index contributed by atoms with van der Waals surface area (Å²) in [7, 11) is -0.129. The molecule has 0 saturated heterocycles. The average molecular weight is 711 g/mol. The van der Waals surface area contributed by atoms with Crippen LogP contribution in [0.1, 0.15) is 66.9 Å². The number of fused-ring (bicyclic) bond motifs is 4. The van der Waals surface area contributed by atoms with Gasteiger partial charge < -0.3 is 24.4 Å². The Morgan fingerprint density at radius 2 is 2.02 bits per heavy atom. The Kier molecular flexibility index (Phi) is 9.73.